The topological polar surface area (TPSA) is 11.4 Å². The van der Waals surface area contributed by atoms with E-state index in [0.717, 1.165) is 50.9 Å². The molecule has 2 aliphatic carbocycles. The van der Waals surface area contributed by atoms with Crippen molar-refractivity contribution in [2.75, 3.05) is 9.80 Å². The molecule has 0 bridgehead atoms. The Hall–Kier alpha value is -10.2. The Labute approximate surface area is 453 Å². The Morgan fingerprint density at radius 2 is 0.782 bits per heavy atom. The van der Waals surface area contributed by atoms with E-state index >= 15 is 0 Å². The van der Waals surface area contributed by atoms with E-state index in [1.165, 1.54) is 87.9 Å². The van der Waals surface area contributed by atoms with Crippen molar-refractivity contribution in [1.29, 1.82) is 0 Å². The van der Waals surface area contributed by atoms with Gasteiger partial charge in [-0.3, -0.25) is 0 Å². The molecule has 0 amide bonds. The minimum atomic E-state index is -0.538. The van der Waals surface area contributed by atoms with E-state index in [1.54, 1.807) is 0 Å². The van der Waals surface area contributed by atoms with Crippen molar-refractivity contribution in [2.24, 2.45) is 0 Å². The molecule has 13 aromatic carbocycles. The Bertz CT molecular complexity index is 4590. The summed E-state index contributed by atoms with van der Waals surface area (Å²) in [5, 5.41) is 7.46. The lowest BCUT2D eigenvalue weighted by molar-refractivity contribution is 0.794. The smallest absolute Gasteiger partial charge is 0.0726 e. The maximum Gasteiger partial charge on any atom is 0.0726 e. The largest absolute Gasteiger partial charge is 0.310 e. The van der Waals surface area contributed by atoms with E-state index in [4.69, 9.17) is 0 Å². The van der Waals surface area contributed by atoms with Gasteiger partial charge in [-0.25, -0.2) is 0 Å². The average molecular weight is 992 g/mol. The fourth-order valence-corrected chi connectivity index (χ4v) is 13.5. The van der Waals surface area contributed by atoms with Crippen molar-refractivity contribution in [3.05, 3.63) is 320 Å². The van der Waals surface area contributed by atoms with Gasteiger partial charge in [0.05, 0.1) is 16.4 Å². The maximum atomic E-state index is 2.52. The van der Waals surface area contributed by atoms with E-state index < -0.39 is 5.41 Å². The highest BCUT2D eigenvalue weighted by Crippen LogP contribution is 2.64. The van der Waals surface area contributed by atoms with Crippen LogP contribution in [0.5, 0.6) is 0 Å². The van der Waals surface area contributed by atoms with Crippen LogP contribution in [0, 0.1) is 0 Å². The van der Waals surface area contributed by atoms with E-state index in [1.807, 2.05) is 0 Å². The first-order chi connectivity index (χ1) is 38.7. The quantitative estimate of drug-likeness (QED) is 0.150. The summed E-state index contributed by atoms with van der Waals surface area (Å²) >= 11 is 0. The van der Waals surface area contributed by atoms with Gasteiger partial charge >= 0.3 is 0 Å². The third kappa shape index (κ3) is 6.52. The highest BCUT2D eigenvalue weighted by molar-refractivity contribution is 6.22. The van der Waals surface area contributed by atoms with Crippen LogP contribution in [0.25, 0.3) is 82.4 Å². The lowest BCUT2D eigenvalue weighted by atomic mass is 9.70. The lowest BCUT2D eigenvalue weighted by Gasteiger charge is -2.33. The molecule has 16 rings (SSSR count). The highest BCUT2D eigenvalue weighted by Gasteiger charge is 2.52. The Balaban J connectivity index is 0.977. The van der Waals surface area contributed by atoms with Crippen molar-refractivity contribution in [3.63, 3.8) is 0 Å². The van der Waals surface area contributed by atoms with Gasteiger partial charge in [-0.2, -0.15) is 0 Å². The lowest BCUT2D eigenvalue weighted by Crippen LogP contribution is -2.26. The zero-order chi connectivity index (χ0) is 51.3. The Kier molecular flexibility index (Phi) is 9.85. The predicted octanol–water partition coefficient (Wildman–Crippen LogP) is 20.0. The van der Waals surface area contributed by atoms with Crippen molar-refractivity contribution in [1.82, 2.24) is 4.57 Å². The maximum absolute atomic E-state index is 2.52. The fraction of sp³-hybridized carbons (Fsp3) is 0.0133. The molecular formula is C75H49N3. The number of anilines is 6. The van der Waals surface area contributed by atoms with Crippen LogP contribution in [0.15, 0.2) is 297 Å². The summed E-state index contributed by atoms with van der Waals surface area (Å²) in [6, 6.07) is 110. The second kappa shape index (κ2) is 17.4. The number of aromatic nitrogens is 1. The van der Waals surface area contributed by atoms with Gasteiger partial charge in [-0.05, 0) is 174 Å². The standard InChI is InChI=1S/C75H49N3/c1-5-23-54(24-6-1)76(55-25-7-2-8-26-55)59-45-53(52-39-43-71-66(47-52)74-62-32-16-14-22-51(62)38-44-72(74)78(71)57-29-11-4-12-30-57)46-60(48-59)77(56-27-9-3-10-28-56)58-40-41-65-70(49-58)75(69-42-37-50-21-13-15-31-61(50)73(65)69)67-35-19-17-33-63(67)64-34-18-20-36-68(64)75/h1-49H. The molecule has 364 valence electrons. The monoisotopic (exact) mass is 991 g/mol. The summed E-state index contributed by atoms with van der Waals surface area (Å²) in [5.74, 6) is 0. The van der Waals surface area contributed by atoms with E-state index in [9.17, 15) is 0 Å². The first-order valence-electron chi connectivity index (χ1n) is 27.0. The summed E-state index contributed by atoms with van der Waals surface area (Å²) in [7, 11) is 0. The van der Waals surface area contributed by atoms with Crippen molar-refractivity contribution in [2.45, 2.75) is 5.41 Å². The molecule has 1 aromatic heterocycles. The molecule has 0 unspecified atom stereocenters. The number of para-hydroxylation sites is 4. The predicted molar refractivity (Wildman–Crippen MR) is 327 cm³/mol. The van der Waals surface area contributed by atoms with E-state index in [2.05, 4.69) is 312 Å². The van der Waals surface area contributed by atoms with E-state index in [0.29, 0.717) is 0 Å². The summed E-state index contributed by atoms with van der Waals surface area (Å²) in [6.07, 6.45) is 0. The first kappa shape index (κ1) is 44.1. The van der Waals surface area contributed by atoms with Crippen LogP contribution in [0.1, 0.15) is 22.3 Å². The number of hydrogen-bond donors (Lipinski definition) is 0. The molecule has 78 heavy (non-hydrogen) atoms. The molecule has 0 saturated carbocycles. The normalized spacial score (nSPS) is 12.7. The van der Waals surface area contributed by atoms with Crippen LogP contribution < -0.4 is 9.80 Å². The molecule has 0 fully saturated rings. The van der Waals surface area contributed by atoms with E-state index in [-0.39, 0.29) is 0 Å². The van der Waals surface area contributed by atoms with Crippen LogP contribution >= 0.6 is 0 Å². The second-order valence-electron chi connectivity index (χ2n) is 20.8. The minimum Gasteiger partial charge on any atom is -0.310 e. The third-order valence-corrected chi connectivity index (χ3v) is 16.7. The molecule has 2 aliphatic rings. The van der Waals surface area contributed by atoms with Crippen molar-refractivity contribution in [3.8, 4) is 39.1 Å². The van der Waals surface area contributed by atoms with Gasteiger partial charge in [0.1, 0.15) is 0 Å². The minimum absolute atomic E-state index is 0.538. The molecule has 0 radical (unpaired) electrons. The van der Waals surface area contributed by atoms with Gasteiger partial charge in [0, 0.05) is 50.6 Å². The Morgan fingerprint density at radius 1 is 0.269 bits per heavy atom. The van der Waals surface area contributed by atoms with Gasteiger partial charge in [0.25, 0.3) is 0 Å². The second-order valence-corrected chi connectivity index (χ2v) is 20.8. The number of nitrogens with zero attached hydrogens (tertiary/aromatic N) is 3. The number of benzene rings is 13. The van der Waals surface area contributed by atoms with Gasteiger partial charge in [0.15, 0.2) is 0 Å². The molecule has 0 N–H and O–H groups in total. The van der Waals surface area contributed by atoms with Crippen molar-refractivity contribution >= 4 is 77.5 Å². The Morgan fingerprint density at radius 3 is 1.42 bits per heavy atom. The summed E-state index contributed by atoms with van der Waals surface area (Å²) in [5.41, 5.74) is 22.1. The molecule has 1 spiro atoms. The highest BCUT2D eigenvalue weighted by atomic mass is 15.2. The molecular weight excluding hydrogens is 943 g/mol. The number of fused-ring (bicyclic) bond motifs is 17. The van der Waals surface area contributed by atoms with Crippen LogP contribution in [-0.2, 0) is 5.41 Å². The SMILES string of the molecule is c1ccc(N(c2ccccc2)c2cc(-c3ccc4c(c3)c3c5ccccc5ccc3n4-c3ccccc3)cc(N(c3ccccc3)c3ccc4c(c3)C3(c5ccccc5-c5ccccc53)c3ccc5ccccc5c3-4)c2)cc1. The zero-order valence-corrected chi connectivity index (χ0v) is 42.6. The number of rotatable bonds is 8. The molecule has 3 nitrogen and oxygen atoms in total. The van der Waals surface area contributed by atoms with Crippen LogP contribution in [0.2, 0.25) is 0 Å². The fourth-order valence-electron chi connectivity index (χ4n) is 13.5. The summed E-state index contributed by atoms with van der Waals surface area (Å²) in [6.45, 7) is 0. The zero-order valence-electron chi connectivity index (χ0n) is 42.6. The third-order valence-electron chi connectivity index (χ3n) is 16.7. The van der Waals surface area contributed by atoms with Gasteiger partial charge < -0.3 is 14.4 Å². The van der Waals surface area contributed by atoms with Gasteiger partial charge in [-0.15, -0.1) is 0 Å². The molecule has 0 saturated heterocycles. The molecule has 0 aliphatic heterocycles. The first-order valence-corrected chi connectivity index (χ1v) is 27.0. The van der Waals surface area contributed by atoms with Crippen LogP contribution in [0.4, 0.5) is 34.1 Å². The molecule has 1 heterocycles. The summed E-state index contributed by atoms with van der Waals surface area (Å²) in [4.78, 5) is 4.88. The molecule has 0 atom stereocenters. The van der Waals surface area contributed by atoms with Crippen LogP contribution in [0.3, 0.4) is 0 Å². The van der Waals surface area contributed by atoms with Crippen molar-refractivity contribution < 1.29 is 0 Å². The average Bonchev–Trinajstić information content (AvgIpc) is 3.81. The molecule has 3 heteroatoms. The van der Waals surface area contributed by atoms with Crippen LogP contribution in [-0.4, -0.2) is 4.57 Å². The number of hydrogen-bond acceptors (Lipinski definition) is 2. The molecule has 14 aromatic rings. The van der Waals surface area contributed by atoms with Gasteiger partial charge in [-0.1, -0.05) is 200 Å². The summed E-state index contributed by atoms with van der Waals surface area (Å²) < 4.78 is 2.43. The van der Waals surface area contributed by atoms with Gasteiger partial charge in [0.2, 0.25) is 0 Å².